The van der Waals surface area contributed by atoms with Crippen LogP contribution in [0.25, 0.3) is 22.2 Å². The maximum absolute atomic E-state index is 13.7. The van der Waals surface area contributed by atoms with E-state index in [1.165, 1.54) is 0 Å². The highest BCUT2D eigenvalue weighted by molar-refractivity contribution is 5.98. The summed E-state index contributed by atoms with van der Waals surface area (Å²) in [4.78, 5) is 30.8. The van der Waals surface area contributed by atoms with Crippen molar-refractivity contribution in [2.24, 2.45) is 5.73 Å². The lowest BCUT2D eigenvalue weighted by atomic mass is 9.93. The summed E-state index contributed by atoms with van der Waals surface area (Å²) in [5.41, 5.74) is 11.2. The van der Waals surface area contributed by atoms with Gasteiger partial charge in [-0.25, -0.2) is 15.0 Å². The van der Waals surface area contributed by atoms with E-state index in [-0.39, 0.29) is 18.1 Å². The second-order valence-electron chi connectivity index (χ2n) is 9.96. The van der Waals surface area contributed by atoms with Gasteiger partial charge in [0.15, 0.2) is 0 Å². The van der Waals surface area contributed by atoms with Crippen LogP contribution in [0.4, 0.5) is 5.95 Å². The van der Waals surface area contributed by atoms with Gasteiger partial charge in [0.25, 0.3) is 5.91 Å². The van der Waals surface area contributed by atoms with E-state index in [0.717, 1.165) is 44.7 Å². The molecule has 2 aromatic carbocycles. The van der Waals surface area contributed by atoms with Gasteiger partial charge in [-0.3, -0.25) is 4.79 Å². The van der Waals surface area contributed by atoms with Crippen LogP contribution >= 0.6 is 0 Å². The molecule has 1 fully saturated rings. The van der Waals surface area contributed by atoms with Crippen LogP contribution in [0.2, 0.25) is 0 Å². The molecular weight excluding hydrogens is 462 g/mol. The van der Waals surface area contributed by atoms with Crippen LogP contribution in [0.1, 0.15) is 63.8 Å². The molecule has 1 saturated heterocycles. The molecule has 8 heteroatoms. The zero-order valence-electron chi connectivity index (χ0n) is 23.5. The number of amides is 1. The van der Waals surface area contributed by atoms with Crippen molar-refractivity contribution in [3.63, 3.8) is 0 Å². The molecule has 0 spiro atoms. The molecule has 7 rings (SSSR count). The van der Waals surface area contributed by atoms with Crippen LogP contribution in [0.15, 0.2) is 48.8 Å². The zero-order chi connectivity index (χ0) is 27.9. The maximum Gasteiger partial charge on any atom is 0.254 e. The van der Waals surface area contributed by atoms with E-state index in [0.29, 0.717) is 23.8 Å². The first-order valence-corrected chi connectivity index (χ1v) is 12.4. The fourth-order valence-corrected chi connectivity index (χ4v) is 5.89. The Balaban J connectivity index is 1.38. The monoisotopic (exact) mass is 492 g/mol. The Morgan fingerprint density at radius 2 is 1.97 bits per heavy atom. The summed E-state index contributed by atoms with van der Waals surface area (Å²) in [5, 5.41) is 0. The Kier molecular flexibility index (Phi) is 4.04. The van der Waals surface area contributed by atoms with Gasteiger partial charge in [-0.2, -0.15) is 0 Å². The Morgan fingerprint density at radius 3 is 2.70 bits per heavy atom. The lowest BCUT2D eigenvalue weighted by Crippen LogP contribution is -2.63. The van der Waals surface area contributed by atoms with Crippen molar-refractivity contribution in [3.8, 4) is 23.0 Å². The quantitative estimate of drug-likeness (QED) is 0.431. The number of imidazole rings is 1. The van der Waals surface area contributed by atoms with Gasteiger partial charge in [0.2, 0.25) is 5.95 Å². The van der Waals surface area contributed by atoms with E-state index in [4.69, 9.17) is 14.8 Å². The van der Waals surface area contributed by atoms with E-state index in [1.807, 2.05) is 36.7 Å². The lowest BCUT2D eigenvalue weighted by Gasteiger charge is -2.44. The minimum Gasteiger partial charge on any atom is -0.335 e. The molecule has 0 unspecified atom stereocenters. The van der Waals surface area contributed by atoms with Crippen molar-refractivity contribution in [2.75, 3.05) is 18.4 Å². The van der Waals surface area contributed by atoms with Crippen molar-refractivity contribution in [2.45, 2.75) is 44.4 Å². The molecule has 2 bridgehead atoms. The van der Waals surface area contributed by atoms with Crippen LogP contribution in [-0.2, 0) is 0 Å². The van der Waals surface area contributed by atoms with Gasteiger partial charge < -0.3 is 20.1 Å². The second-order valence-corrected chi connectivity index (χ2v) is 9.96. The van der Waals surface area contributed by atoms with E-state index in [2.05, 4.69) is 38.2 Å². The number of nitrogens with two attached hydrogens (primary N) is 1. The lowest BCUT2D eigenvalue weighted by molar-refractivity contribution is 0.0734. The summed E-state index contributed by atoms with van der Waals surface area (Å²) >= 11 is 0. The minimum atomic E-state index is -2.63. The molecule has 2 N–H and O–H groups in total. The highest BCUT2D eigenvalue weighted by Gasteiger charge is 2.44. The maximum atomic E-state index is 13.7. The summed E-state index contributed by atoms with van der Waals surface area (Å²) in [6.45, 7) is 1.92. The molecule has 8 nitrogen and oxygen atoms in total. The second kappa shape index (κ2) is 7.89. The standard InChI is InChI=1S/C29H27N7O/c1-4-6-17-7-5-8-20-26(17)24-12-25(34(3)28(20)37)27-33-22-10-9-18(11-23(22)36(24)27)19-13-31-29(32-14-19)35-15-21(30)16(35)2/h5,7-11,13-14,16,21,24-25H,12,15,30H2,1-3H3/t16-,21+,24-,25-/m1/s1/i3D3. The largest absolute Gasteiger partial charge is 0.335 e. The molecule has 4 atom stereocenters. The molecular formula is C29H27N7O. The molecule has 3 aliphatic heterocycles. The number of anilines is 1. The molecule has 0 radical (unpaired) electrons. The van der Waals surface area contributed by atoms with Crippen LogP contribution in [0.3, 0.4) is 0 Å². The molecule has 37 heavy (non-hydrogen) atoms. The van der Waals surface area contributed by atoms with E-state index < -0.39 is 18.9 Å². The highest BCUT2D eigenvalue weighted by Crippen LogP contribution is 2.48. The zero-order valence-corrected chi connectivity index (χ0v) is 20.5. The number of aromatic nitrogens is 4. The number of rotatable bonds is 2. The fourth-order valence-electron chi connectivity index (χ4n) is 5.89. The van der Waals surface area contributed by atoms with E-state index in [9.17, 15) is 4.79 Å². The van der Waals surface area contributed by atoms with Crippen LogP contribution < -0.4 is 10.6 Å². The van der Waals surface area contributed by atoms with Crippen molar-refractivity contribution < 1.29 is 8.91 Å². The third-order valence-electron chi connectivity index (χ3n) is 7.98. The van der Waals surface area contributed by atoms with Crippen molar-refractivity contribution in [3.05, 3.63) is 71.3 Å². The first-order chi connectivity index (χ1) is 19.2. The Labute approximate surface area is 219 Å². The summed E-state index contributed by atoms with van der Waals surface area (Å²) in [6, 6.07) is 10.6. The Bertz CT molecular complexity index is 1750. The highest BCUT2D eigenvalue weighted by atomic mass is 16.2. The fraction of sp³-hybridized carbons (Fsp3) is 0.310. The number of nitrogens with zero attached hydrogens (tertiary/aromatic N) is 6. The summed E-state index contributed by atoms with van der Waals surface area (Å²) in [5.74, 6) is 6.79. The SMILES string of the molecule is [2H]C([2H])([2H])N1C(=O)c2cccc(C#CC)c2[C@H]2C[C@@H]1c1nc3ccc(-c4cnc(N5C[C@H](N)[C@H]5C)nc4)cc3n12. The van der Waals surface area contributed by atoms with Crippen LogP contribution in [0, 0.1) is 11.8 Å². The van der Waals surface area contributed by atoms with Gasteiger partial charge in [-0.1, -0.05) is 18.1 Å². The van der Waals surface area contributed by atoms with Gasteiger partial charge in [0.1, 0.15) is 5.82 Å². The Morgan fingerprint density at radius 1 is 1.14 bits per heavy atom. The number of benzene rings is 2. The summed E-state index contributed by atoms with van der Waals surface area (Å²) in [7, 11) is 0. The van der Waals surface area contributed by atoms with Gasteiger partial charge in [-0.15, -0.1) is 5.92 Å². The van der Waals surface area contributed by atoms with Crippen LogP contribution in [-0.4, -0.2) is 55.9 Å². The predicted octanol–water partition coefficient (Wildman–Crippen LogP) is 3.52. The van der Waals surface area contributed by atoms with Gasteiger partial charge in [0.05, 0.1) is 23.1 Å². The average Bonchev–Trinajstić information content (AvgIpc) is 3.44. The van der Waals surface area contributed by atoms with E-state index in [1.54, 1.807) is 19.1 Å². The van der Waals surface area contributed by atoms with Crippen molar-refractivity contribution in [1.29, 1.82) is 0 Å². The Hall–Kier alpha value is -4.22. The third-order valence-corrected chi connectivity index (χ3v) is 7.98. The number of fused-ring (bicyclic) bond motifs is 9. The molecule has 3 aliphatic rings. The topological polar surface area (TPSA) is 93.2 Å². The van der Waals surface area contributed by atoms with Gasteiger partial charge in [0, 0.05) is 70.8 Å². The summed E-state index contributed by atoms with van der Waals surface area (Å²) in [6.07, 6.45) is 4.03. The minimum absolute atomic E-state index is 0.128. The third kappa shape index (κ3) is 3.07. The predicted molar refractivity (Wildman–Crippen MR) is 142 cm³/mol. The van der Waals surface area contributed by atoms with Crippen molar-refractivity contribution >= 4 is 22.9 Å². The molecule has 5 heterocycles. The number of hydrogen-bond donors (Lipinski definition) is 1. The van der Waals surface area contributed by atoms with E-state index >= 15 is 0 Å². The normalized spacial score (nSPS) is 25.3. The molecule has 1 amide bonds. The summed E-state index contributed by atoms with van der Waals surface area (Å²) < 4.78 is 26.8. The first-order valence-electron chi connectivity index (χ1n) is 13.9. The average molecular weight is 493 g/mol. The molecule has 184 valence electrons. The first kappa shape index (κ1) is 19.0. The van der Waals surface area contributed by atoms with Gasteiger partial charge in [-0.05, 0) is 43.7 Å². The van der Waals surface area contributed by atoms with Gasteiger partial charge >= 0.3 is 0 Å². The number of carbonyl (C=O) groups excluding carboxylic acids is 1. The molecule has 2 aromatic heterocycles. The number of carbonyl (C=O) groups is 1. The smallest absolute Gasteiger partial charge is 0.254 e. The molecule has 0 aliphatic carbocycles. The van der Waals surface area contributed by atoms with Crippen molar-refractivity contribution in [1.82, 2.24) is 24.4 Å². The molecule has 0 saturated carbocycles. The molecule has 4 aromatic rings. The number of hydrogen-bond acceptors (Lipinski definition) is 6. The van der Waals surface area contributed by atoms with Crippen LogP contribution in [0.5, 0.6) is 0 Å².